The van der Waals surface area contributed by atoms with E-state index in [1.807, 2.05) is 42.7 Å². The van der Waals surface area contributed by atoms with Crippen LogP contribution in [0.15, 0.2) is 23.8 Å². The molecule has 2 amide bonds. The van der Waals surface area contributed by atoms with Crippen LogP contribution in [0, 0.1) is 0 Å². The summed E-state index contributed by atoms with van der Waals surface area (Å²) < 4.78 is -0.803. The van der Waals surface area contributed by atoms with E-state index in [0.29, 0.717) is 12.0 Å². The summed E-state index contributed by atoms with van der Waals surface area (Å²) in [7, 11) is 0. The van der Waals surface area contributed by atoms with E-state index in [4.69, 9.17) is 5.73 Å². The van der Waals surface area contributed by atoms with Gasteiger partial charge in [-0.25, -0.2) is 0 Å². The van der Waals surface area contributed by atoms with Crippen molar-refractivity contribution in [1.82, 2.24) is 5.32 Å². The zero-order chi connectivity index (χ0) is 14.7. The fraction of sp³-hybridized carbons (Fsp3) is 0.538. The van der Waals surface area contributed by atoms with Crippen molar-refractivity contribution in [3.63, 3.8) is 0 Å². The molecule has 0 bridgehead atoms. The third kappa shape index (κ3) is 4.52. The van der Waals surface area contributed by atoms with E-state index in [2.05, 4.69) is 5.32 Å². The summed E-state index contributed by atoms with van der Waals surface area (Å²) in [6.07, 6.45) is 7.53. The predicted molar refractivity (Wildman–Crippen MR) is 88.4 cm³/mol. The summed E-state index contributed by atoms with van der Waals surface area (Å²) in [5.74, 6) is 0.268. The molecule has 4 nitrogen and oxygen atoms in total. The van der Waals surface area contributed by atoms with Gasteiger partial charge in [0.15, 0.2) is 0 Å². The topological polar surface area (TPSA) is 72.2 Å². The Kier molecular flexibility index (Phi) is 5.49. The maximum absolute atomic E-state index is 12.2. The molecule has 1 atom stereocenters. The minimum atomic E-state index is -0.803. The maximum Gasteiger partial charge on any atom is 0.247 e. The molecule has 1 aliphatic rings. The van der Waals surface area contributed by atoms with Gasteiger partial charge in [0.05, 0.1) is 0 Å². The molecule has 0 heterocycles. The van der Waals surface area contributed by atoms with E-state index in [1.54, 1.807) is 30.0 Å². The van der Waals surface area contributed by atoms with Gasteiger partial charge in [-0.05, 0) is 20.1 Å². The van der Waals surface area contributed by atoms with E-state index in [0.717, 1.165) is 5.75 Å². The molecule has 106 valence electrons. The Bertz CT molecular complexity index is 446. The van der Waals surface area contributed by atoms with Gasteiger partial charge in [0, 0.05) is 23.3 Å². The van der Waals surface area contributed by atoms with E-state index in [-0.39, 0.29) is 11.4 Å². The molecule has 1 unspecified atom stereocenters. The highest BCUT2D eigenvalue weighted by atomic mass is 127. The molecule has 0 aromatic carbocycles. The van der Waals surface area contributed by atoms with Crippen molar-refractivity contribution in [1.29, 1.82) is 0 Å². The lowest BCUT2D eigenvalue weighted by Gasteiger charge is -2.29. The predicted octanol–water partition coefficient (Wildman–Crippen LogP) is 1.79. The lowest BCUT2D eigenvalue weighted by molar-refractivity contribution is -0.119. The lowest BCUT2D eigenvalue weighted by Crippen LogP contribution is -2.47. The number of alkyl halides is 1. The average molecular weight is 394 g/mol. The van der Waals surface area contributed by atoms with Crippen LogP contribution in [0.25, 0.3) is 0 Å². The van der Waals surface area contributed by atoms with Crippen molar-refractivity contribution in [2.45, 2.75) is 29.2 Å². The maximum atomic E-state index is 12.2. The molecular formula is C13H19IN2O2S. The minimum Gasteiger partial charge on any atom is -0.368 e. The number of amides is 2. The van der Waals surface area contributed by atoms with Crippen molar-refractivity contribution in [2.75, 3.05) is 12.0 Å². The number of carbonyl (C=O) groups excluding carboxylic acids is 2. The molecule has 1 rings (SSSR count). The first-order valence-electron chi connectivity index (χ1n) is 5.89. The van der Waals surface area contributed by atoms with Gasteiger partial charge in [0.25, 0.3) is 0 Å². The molecule has 0 aromatic heterocycles. The number of nitrogens with two attached hydrogens (primary N) is 1. The first-order valence-corrected chi connectivity index (χ1v) is 8.36. The summed E-state index contributed by atoms with van der Waals surface area (Å²) in [5.41, 5.74) is 5.69. The van der Waals surface area contributed by atoms with E-state index in [1.165, 1.54) is 0 Å². The molecule has 0 fully saturated rings. The summed E-state index contributed by atoms with van der Waals surface area (Å²) in [6.45, 7) is 3.96. The van der Waals surface area contributed by atoms with Crippen LogP contribution in [0.2, 0.25) is 0 Å². The number of hydrogen-bond donors (Lipinski definition) is 2. The standard InChI is InChI=1S/C13H19IN2O2S/c1-12(2,8-19-3)16-10(17)9-5-4-6-13(14,7-9)11(15)18/h4-6H,7-8H2,1-3H3,(H2,15,18)(H,16,17). The third-order valence-electron chi connectivity index (χ3n) is 2.76. The largest absolute Gasteiger partial charge is 0.368 e. The quantitative estimate of drug-likeness (QED) is 0.552. The Balaban J connectivity index is 2.77. The van der Waals surface area contributed by atoms with Gasteiger partial charge < -0.3 is 11.1 Å². The van der Waals surface area contributed by atoms with E-state index < -0.39 is 9.33 Å². The number of halogens is 1. The number of hydrogen-bond acceptors (Lipinski definition) is 3. The number of primary amides is 1. The second-order valence-corrected chi connectivity index (χ2v) is 8.02. The van der Waals surface area contributed by atoms with Crippen molar-refractivity contribution in [3.05, 3.63) is 23.8 Å². The summed E-state index contributed by atoms with van der Waals surface area (Å²) in [4.78, 5) is 23.7. The average Bonchev–Trinajstić information content (AvgIpc) is 2.28. The van der Waals surface area contributed by atoms with Gasteiger partial charge in [-0.2, -0.15) is 11.8 Å². The van der Waals surface area contributed by atoms with Crippen molar-refractivity contribution < 1.29 is 9.59 Å². The van der Waals surface area contributed by atoms with Crippen LogP contribution in [-0.2, 0) is 9.59 Å². The van der Waals surface area contributed by atoms with Gasteiger partial charge in [0.1, 0.15) is 3.42 Å². The second-order valence-electron chi connectivity index (χ2n) is 5.23. The van der Waals surface area contributed by atoms with Crippen LogP contribution < -0.4 is 11.1 Å². The molecule has 0 aliphatic heterocycles. The second kappa shape index (κ2) is 6.30. The van der Waals surface area contributed by atoms with Gasteiger partial charge in [0.2, 0.25) is 11.8 Å². The first kappa shape index (κ1) is 16.6. The van der Waals surface area contributed by atoms with Crippen molar-refractivity contribution >= 4 is 46.2 Å². The summed E-state index contributed by atoms with van der Waals surface area (Å²) >= 11 is 3.67. The van der Waals surface area contributed by atoms with Gasteiger partial charge in [-0.15, -0.1) is 0 Å². The van der Waals surface area contributed by atoms with Crippen molar-refractivity contribution in [2.24, 2.45) is 5.73 Å². The molecule has 19 heavy (non-hydrogen) atoms. The molecule has 0 saturated carbocycles. The summed E-state index contributed by atoms with van der Waals surface area (Å²) in [6, 6.07) is 0. The van der Waals surface area contributed by atoms with Crippen molar-refractivity contribution in [3.8, 4) is 0 Å². The molecule has 0 saturated heterocycles. The Morgan fingerprint density at radius 2 is 2.21 bits per heavy atom. The number of rotatable bonds is 5. The van der Waals surface area contributed by atoms with Crippen LogP contribution in [0.4, 0.5) is 0 Å². The van der Waals surface area contributed by atoms with Crippen LogP contribution in [0.5, 0.6) is 0 Å². The summed E-state index contributed by atoms with van der Waals surface area (Å²) in [5, 5.41) is 2.99. The van der Waals surface area contributed by atoms with Crippen LogP contribution >= 0.6 is 34.4 Å². The molecule has 3 N–H and O–H groups in total. The monoisotopic (exact) mass is 394 g/mol. The van der Waals surface area contributed by atoms with Crippen LogP contribution in [0.1, 0.15) is 20.3 Å². The fourth-order valence-electron chi connectivity index (χ4n) is 1.82. The van der Waals surface area contributed by atoms with Crippen LogP contribution in [-0.4, -0.2) is 32.8 Å². The highest BCUT2D eigenvalue weighted by molar-refractivity contribution is 14.1. The first-order chi connectivity index (χ1) is 8.70. The molecular weight excluding hydrogens is 375 g/mol. The Labute approximate surface area is 131 Å². The Morgan fingerprint density at radius 3 is 2.74 bits per heavy atom. The smallest absolute Gasteiger partial charge is 0.247 e. The highest BCUT2D eigenvalue weighted by Crippen LogP contribution is 2.32. The lowest BCUT2D eigenvalue weighted by atomic mass is 9.92. The molecule has 0 aromatic rings. The van der Waals surface area contributed by atoms with Gasteiger partial charge in [-0.1, -0.05) is 40.8 Å². The van der Waals surface area contributed by atoms with Crippen LogP contribution in [0.3, 0.4) is 0 Å². The zero-order valence-electron chi connectivity index (χ0n) is 11.3. The fourth-order valence-corrected chi connectivity index (χ4v) is 3.23. The van der Waals surface area contributed by atoms with E-state index in [9.17, 15) is 9.59 Å². The number of nitrogens with one attached hydrogen (secondary N) is 1. The van der Waals surface area contributed by atoms with E-state index >= 15 is 0 Å². The Morgan fingerprint density at radius 1 is 1.58 bits per heavy atom. The normalized spacial score (nSPS) is 22.8. The highest BCUT2D eigenvalue weighted by Gasteiger charge is 2.35. The minimum absolute atomic E-state index is 0.134. The number of carbonyl (C=O) groups is 2. The Hall–Kier alpha value is -0.500. The zero-order valence-corrected chi connectivity index (χ0v) is 14.3. The molecule has 1 aliphatic carbocycles. The number of allylic oxidation sites excluding steroid dienone is 2. The SMILES string of the molecule is CSCC(C)(C)NC(=O)C1=CC=CC(I)(C(N)=O)C1. The van der Waals surface area contributed by atoms with Gasteiger partial charge >= 0.3 is 0 Å². The molecule has 0 spiro atoms. The molecule has 6 heteroatoms. The van der Waals surface area contributed by atoms with Gasteiger partial charge in [-0.3, -0.25) is 9.59 Å². The number of thioether (sulfide) groups is 1. The third-order valence-corrected chi connectivity index (χ3v) is 5.05. The molecule has 0 radical (unpaired) electrons.